The van der Waals surface area contributed by atoms with Crippen LogP contribution in [0.4, 0.5) is 5.82 Å². The first-order chi connectivity index (χ1) is 13.3. The molecule has 1 aliphatic heterocycles. The van der Waals surface area contributed by atoms with Crippen LogP contribution in [0.1, 0.15) is 37.6 Å². The number of carbonyl (C=O) groups is 1. The van der Waals surface area contributed by atoms with E-state index in [-0.39, 0.29) is 23.9 Å². The van der Waals surface area contributed by atoms with E-state index >= 15 is 0 Å². The van der Waals surface area contributed by atoms with Gasteiger partial charge >= 0.3 is 0 Å². The first kappa shape index (κ1) is 19.6. The van der Waals surface area contributed by atoms with Crippen molar-refractivity contribution in [2.45, 2.75) is 39.3 Å². The number of nitrogens with one attached hydrogen (secondary N) is 1. The zero-order valence-electron chi connectivity index (χ0n) is 16.3. The Bertz CT molecular complexity index is 925. The monoisotopic (exact) mass is 380 g/mol. The van der Waals surface area contributed by atoms with Gasteiger partial charge in [-0.3, -0.25) is 4.79 Å². The van der Waals surface area contributed by atoms with Gasteiger partial charge in [-0.1, -0.05) is 12.1 Å². The largest absolute Gasteiger partial charge is 0.484 e. The molecule has 3 N–H and O–H groups in total. The highest BCUT2D eigenvalue weighted by atomic mass is 16.5. The van der Waals surface area contributed by atoms with Crippen molar-refractivity contribution in [2.75, 3.05) is 18.9 Å². The average molecular weight is 380 g/mol. The molecule has 0 saturated heterocycles. The van der Waals surface area contributed by atoms with Crippen LogP contribution >= 0.6 is 0 Å². The summed E-state index contributed by atoms with van der Waals surface area (Å²) in [5.74, 6) is 0.618. The summed E-state index contributed by atoms with van der Waals surface area (Å²) in [6, 6.07) is 9.40. The summed E-state index contributed by atoms with van der Waals surface area (Å²) < 4.78 is 11.1. The maximum Gasteiger partial charge on any atom is 0.258 e. The van der Waals surface area contributed by atoms with Crippen LogP contribution in [0, 0.1) is 11.3 Å². The molecule has 7 nitrogen and oxygen atoms in total. The Hall–Kier alpha value is -3.11. The molecule has 1 aromatic heterocycles. The minimum atomic E-state index is -0.305. The van der Waals surface area contributed by atoms with E-state index in [1.807, 2.05) is 32.9 Å². The zero-order chi connectivity index (χ0) is 20.3. The van der Waals surface area contributed by atoms with Gasteiger partial charge in [0.1, 0.15) is 23.2 Å². The highest BCUT2D eigenvalue weighted by Crippen LogP contribution is 2.35. The highest BCUT2D eigenvalue weighted by Gasteiger charge is 2.22. The number of amides is 1. The summed E-state index contributed by atoms with van der Waals surface area (Å²) in [6.07, 6.45) is 0.669. The molecule has 0 fully saturated rings. The Kier molecular flexibility index (Phi) is 5.52. The molecular formula is C21H24N4O3. The molecule has 2 heterocycles. The SMILES string of the molecule is CC(C)(C)NC(=O)COc1ccc(-c2c(C#N)c(N)nc3c2COCC3)cc1. The number of anilines is 1. The van der Waals surface area contributed by atoms with E-state index in [9.17, 15) is 10.1 Å². The van der Waals surface area contributed by atoms with Crippen LogP contribution in [0.2, 0.25) is 0 Å². The van der Waals surface area contributed by atoms with Gasteiger partial charge in [-0.05, 0) is 38.5 Å². The van der Waals surface area contributed by atoms with E-state index in [2.05, 4.69) is 16.4 Å². The summed E-state index contributed by atoms with van der Waals surface area (Å²) in [5, 5.41) is 12.4. The second-order valence-electron chi connectivity index (χ2n) is 7.70. The van der Waals surface area contributed by atoms with Gasteiger partial charge in [-0.15, -0.1) is 0 Å². The number of pyridine rings is 1. The van der Waals surface area contributed by atoms with Crippen molar-refractivity contribution in [3.63, 3.8) is 0 Å². The third kappa shape index (κ3) is 4.41. The minimum absolute atomic E-state index is 0.0640. The molecule has 28 heavy (non-hydrogen) atoms. The topological polar surface area (TPSA) is 110 Å². The molecule has 0 unspecified atom stereocenters. The predicted octanol–water partition coefficient (Wildman–Crippen LogP) is 2.57. The molecule has 1 amide bonds. The predicted molar refractivity (Wildman–Crippen MR) is 106 cm³/mol. The summed E-state index contributed by atoms with van der Waals surface area (Å²) in [4.78, 5) is 16.3. The number of ether oxygens (including phenoxy) is 2. The molecule has 0 radical (unpaired) electrons. The van der Waals surface area contributed by atoms with Crippen molar-refractivity contribution in [1.82, 2.24) is 10.3 Å². The van der Waals surface area contributed by atoms with E-state index in [1.54, 1.807) is 12.1 Å². The molecule has 146 valence electrons. The van der Waals surface area contributed by atoms with Crippen LogP contribution in [-0.2, 0) is 22.6 Å². The lowest BCUT2D eigenvalue weighted by atomic mass is 9.93. The third-order valence-electron chi connectivity index (χ3n) is 4.28. The average Bonchev–Trinajstić information content (AvgIpc) is 2.64. The molecule has 0 aliphatic carbocycles. The van der Waals surface area contributed by atoms with Crippen molar-refractivity contribution in [3.8, 4) is 22.9 Å². The lowest BCUT2D eigenvalue weighted by Gasteiger charge is -2.21. The van der Waals surface area contributed by atoms with Gasteiger partial charge in [0.05, 0.1) is 18.9 Å². The Morgan fingerprint density at radius 3 is 2.71 bits per heavy atom. The number of nitrogens with two attached hydrogens (primary N) is 1. The second kappa shape index (κ2) is 7.87. The number of fused-ring (bicyclic) bond motifs is 1. The van der Waals surface area contributed by atoms with Gasteiger partial charge in [0, 0.05) is 23.1 Å². The lowest BCUT2D eigenvalue weighted by molar-refractivity contribution is -0.124. The molecule has 2 aromatic rings. The lowest BCUT2D eigenvalue weighted by Crippen LogP contribution is -2.43. The first-order valence-electron chi connectivity index (χ1n) is 9.12. The first-order valence-corrected chi connectivity index (χ1v) is 9.12. The normalized spacial score (nSPS) is 13.4. The van der Waals surface area contributed by atoms with Crippen LogP contribution in [0.15, 0.2) is 24.3 Å². The van der Waals surface area contributed by atoms with Crippen molar-refractivity contribution in [1.29, 1.82) is 5.26 Å². The van der Waals surface area contributed by atoms with E-state index in [0.29, 0.717) is 30.9 Å². The molecule has 1 aliphatic rings. The Morgan fingerprint density at radius 1 is 1.36 bits per heavy atom. The molecule has 3 rings (SSSR count). The van der Waals surface area contributed by atoms with Crippen LogP contribution in [0.25, 0.3) is 11.1 Å². The Labute approximate surface area is 164 Å². The van der Waals surface area contributed by atoms with E-state index in [4.69, 9.17) is 15.2 Å². The summed E-state index contributed by atoms with van der Waals surface area (Å²) in [5.41, 5.74) is 9.41. The quantitative estimate of drug-likeness (QED) is 0.843. The van der Waals surface area contributed by atoms with Gasteiger partial charge in [0.25, 0.3) is 5.91 Å². The van der Waals surface area contributed by atoms with E-state index < -0.39 is 0 Å². The van der Waals surface area contributed by atoms with Gasteiger partial charge in [0.2, 0.25) is 0 Å². The standard InChI is InChI=1S/C21H24N4O3/c1-21(2,3)25-18(26)12-28-14-6-4-13(5-7-14)19-15(10-22)20(23)24-17-8-9-27-11-16(17)19/h4-7H,8-9,11-12H2,1-3H3,(H2,23,24)(H,25,26). The van der Waals surface area contributed by atoms with Crippen molar-refractivity contribution in [3.05, 3.63) is 41.1 Å². The fraction of sp³-hybridized carbons (Fsp3) is 0.381. The van der Waals surface area contributed by atoms with Crippen LogP contribution in [-0.4, -0.2) is 29.6 Å². The summed E-state index contributed by atoms with van der Waals surface area (Å²) >= 11 is 0. The number of aromatic nitrogens is 1. The van der Waals surface area contributed by atoms with Crippen LogP contribution in [0.5, 0.6) is 5.75 Å². The number of hydrogen-bond acceptors (Lipinski definition) is 6. The fourth-order valence-corrected chi connectivity index (χ4v) is 3.15. The zero-order valence-corrected chi connectivity index (χ0v) is 16.3. The maximum atomic E-state index is 11.9. The van der Waals surface area contributed by atoms with Gasteiger partial charge < -0.3 is 20.5 Å². The molecule has 0 spiro atoms. The molecule has 1 aromatic carbocycles. The second-order valence-corrected chi connectivity index (χ2v) is 7.70. The minimum Gasteiger partial charge on any atom is -0.484 e. The Morgan fingerprint density at radius 2 is 2.07 bits per heavy atom. The third-order valence-corrected chi connectivity index (χ3v) is 4.28. The number of hydrogen-bond donors (Lipinski definition) is 2. The van der Waals surface area contributed by atoms with E-state index in [0.717, 1.165) is 22.4 Å². The molecule has 0 atom stereocenters. The molecule has 0 bridgehead atoms. The van der Waals surface area contributed by atoms with Crippen molar-refractivity contribution >= 4 is 11.7 Å². The number of nitrogens with zero attached hydrogens (tertiary/aromatic N) is 2. The fourth-order valence-electron chi connectivity index (χ4n) is 3.15. The number of nitrogen functional groups attached to an aromatic ring is 1. The number of rotatable bonds is 4. The van der Waals surface area contributed by atoms with Crippen molar-refractivity contribution < 1.29 is 14.3 Å². The van der Waals surface area contributed by atoms with Gasteiger partial charge in [0.15, 0.2) is 6.61 Å². The van der Waals surface area contributed by atoms with Gasteiger partial charge in [-0.2, -0.15) is 5.26 Å². The van der Waals surface area contributed by atoms with Crippen LogP contribution < -0.4 is 15.8 Å². The highest BCUT2D eigenvalue weighted by molar-refractivity contribution is 5.80. The smallest absolute Gasteiger partial charge is 0.258 e. The Balaban J connectivity index is 1.83. The molecule has 0 saturated carbocycles. The summed E-state index contributed by atoms with van der Waals surface area (Å²) in [7, 11) is 0. The molecule has 7 heteroatoms. The maximum absolute atomic E-state index is 11.9. The number of benzene rings is 1. The summed E-state index contributed by atoms with van der Waals surface area (Å²) in [6.45, 7) is 6.67. The van der Waals surface area contributed by atoms with E-state index in [1.165, 1.54) is 0 Å². The van der Waals surface area contributed by atoms with Crippen LogP contribution in [0.3, 0.4) is 0 Å². The van der Waals surface area contributed by atoms with Gasteiger partial charge in [-0.25, -0.2) is 4.98 Å². The van der Waals surface area contributed by atoms with Crippen molar-refractivity contribution in [2.24, 2.45) is 0 Å². The number of nitriles is 1. The number of carbonyl (C=O) groups excluding carboxylic acids is 1. The molecular weight excluding hydrogens is 356 g/mol.